The fraction of sp³-hybridized carbons (Fsp3) is 0.533. The largest absolute Gasteiger partial charge is 0.379 e. The maximum atomic E-state index is 12.4. The van der Waals surface area contributed by atoms with Crippen LogP contribution in [-0.4, -0.2) is 24.7 Å². The van der Waals surface area contributed by atoms with E-state index >= 15 is 0 Å². The van der Waals surface area contributed by atoms with Gasteiger partial charge in [0.1, 0.15) is 5.54 Å². The van der Waals surface area contributed by atoms with Crippen molar-refractivity contribution < 1.29 is 9.53 Å². The third kappa shape index (κ3) is 2.65. The Morgan fingerprint density at radius 2 is 2.11 bits per heavy atom. The second-order valence-corrected chi connectivity index (χ2v) is 5.66. The predicted molar refractivity (Wildman–Crippen MR) is 72.4 cm³/mol. The molecule has 1 aromatic carbocycles. The lowest BCUT2D eigenvalue weighted by Crippen LogP contribution is -2.55. The van der Waals surface area contributed by atoms with Gasteiger partial charge in [-0.2, -0.15) is 0 Å². The molecule has 2 aliphatic rings. The molecule has 1 aliphatic carbocycles. The summed E-state index contributed by atoms with van der Waals surface area (Å²) < 4.78 is 5.26. The van der Waals surface area contributed by atoms with E-state index in [0.717, 1.165) is 0 Å². The highest BCUT2D eigenvalue weighted by molar-refractivity contribution is 5.87. The van der Waals surface area contributed by atoms with Crippen molar-refractivity contribution >= 4 is 5.91 Å². The quantitative estimate of drug-likeness (QED) is 0.859. The van der Waals surface area contributed by atoms with Crippen LogP contribution >= 0.6 is 0 Å². The zero-order chi connectivity index (χ0) is 13.3. The number of nitrogens with one attached hydrogen (secondary N) is 1. The minimum atomic E-state index is -0.845. The van der Waals surface area contributed by atoms with Crippen molar-refractivity contribution in [3.63, 3.8) is 0 Å². The molecule has 4 nitrogen and oxygen atoms in total. The van der Waals surface area contributed by atoms with E-state index in [1.807, 2.05) is 18.2 Å². The topological polar surface area (TPSA) is 64.4 Å². The lowest BCUT2D eigenvalue weighted by Gasteiger charge is -2.26. The highest BCUT2D eigenvalue weighted by atomic mass is 16.5. The first-order valence-corrected chi connectivity index (χ1v) is 6.92. The van der Waals surface area contributed by atoms with Gasteiger partial charge in [0.05, 0.1) is 12.6 Å². The van der Waals surface area contributed by atoms with E-state index in [1.165, 1.54) is 18.4 Å². The van der Waals surface area contributed by atoms with Crippen LogP contribution in [0.5, 0.6) is 0 Å². The van der Waals surface area contributed by atoms with Gasteiger partial charge >= 0.3 is 0 Å². The summed E-state index contributed by atoms with van der Waals surface area (Å²) in [6.07, 6.45) is 2.95. The summed E-state index contributed by atoms with van der Waals surface area (Å²) >= 11 is 0. The maximum Gasteiger partial charge on any atom is 0.243 e. The molecule has 1 amide bonds. The normalized spacial score (nSPS) is 28.1. The average molecular weight is 260 g/mol. The van der Waals surface area contributed by atoms with E-state index in [-0.39, 0.29) is 11.9 Å². The molecule has 1 saturated carbocycles. The number of ether oxygens (including phenoxy) is 1. The summed E-state index contributed by atoms with van der Waals surface area (Å²) in [5.41, 5.74) is 6.43. The second-order valence-electron chi connectivity index (χ2n) is 5.66. The van der Waals surface area contributed by atoms with Gasteiger partial charge in [-0.3, -0.25) is 4.79 Å². The Hall–Kier alpha value is -1.39. The summed E-state index contributed by atoms with van der Waals surface area (Å²) in [5.74, 6) is 0.475. The van der Waals surface area contributed by atoms with Gasteiger partial charge in [0.25, 0.3) is 0 Å². The molecule has 4 heteroatoms. The molecule has 1 aliphatic heterocycles. The van der Waals surface area contributed by atoms with Crippen molar-refractivity contribution in [2.45, 2.75) is 30.8 Å². The molecular formula is C15H20N2O2. The van der Waals surface area contributed by atoms with Crippen LogP contribution < -0.4 is 11.1 Å². The standard InChI is InChI=1S/C15H20N2O2/c16-15(8-9-19-10-15)14(18)17-13(12-6-7-12)11-4-2-1-3-5-11/h1-5,12-13H,6-10,16H2,(H,17,18). The average Bonchev–Trinajstić information content (AvgIpc) is 3.18. The van der Waals surface area contributed by atoms with Crippen LogP contribution in [0.1, 0.15) is 30.9 Å². The van der Waals surface area contributed by atoms with Crippen molar-refractivity contribution in [2.24, 2.45) is 11.7 Å². The second kappa shape index (κ2) is 4.94. The van der Waals surface area contributed by atoms with Crippen molar-refractivity contribution in [1.82, 2.24) is 5.32 Å². The van der Waals surface area contributed by atoms with E-state index in [0.29, 0.717) is 25.6 Å². The highest BCUT2D eigenvalue weighted by Crippen LogP contribution is 2.41. The van der Waals surface area contributed by atoms with E-state index in [1.54, 1.807) is 0 Å². The van der Waals surface area contributed by atoms with Crippen LogP contribution in [0.25, 0.3) is 0 Å². The van der Waals surface area contributed by atoms with Crippen molar-refractivity contribution in [1.29, 1.82) is 0 Å². The van der Waals surface area contributed by atoms with Gasteiger partial charge in [-0.05, 0) is 30.7 Å². The summed E-state index contributed by atoms with van der Waals surface area (Å²) in [4.78, 5) is 12.4. The summed E-state index contributed by atoms with van der Waals surface area (Å²) in [5, 5.41) is 3.13. The van der Waals surface area contributed by atoms with Crippen LogP contribution in [0.4, 0.5) is 0 Å². The molecule has 3 rings (SSSR count). The molecule has 1 aromatic rings. The Balaban J connectivity index is 1.74. The number of rotatable bonds is 4. The Kier molecular flexibility index (Phi) is 3.29. The molecule has 0 radical (unpaired) electrons. The SMILES string of the molecule is NC1(C(=O)NC(c2ccccc2)C2CC2)CCOC1. The zero-order valence-electron chi connectivity index (χ0n) is 11.0. The maximum absolute atomic E-state index is 12.4. The number of nitrogens with two attached hydrogens (primary N) is 1. The molecule has 1 saturated heterocycles. The Bertz CT molecular complexity index is 450. The fourth-order valence-electron chi connectivity index (χ4n) is 2.61. The van der Waals surface area contributed by atoms with Gasteiger partial charge in [-0.1, -0.05) is 30.3 Å². The van der Waals surface area contributed by atoms with Crippen LogP contribution in [0.15, 0.2) is 30.3 Å². The number of amides is 1. The lowest BCUT2D eigenvalue weighted by molar-refractivity contribution is -0.127. The summed E-state index contributed by atoms with van der Waals surface area (Å²) in [7, 11) is 0. The number of hydrogen-bond acceptors (Lipinski definition) is 3. The summed E-state index contributed by atoms with van der Waals surface area (Å²) in [6, 6.07) is 10.2. The van der Waals surface area contributed by atoms with Crippen LogP contribution in [-0.2, 0) is 9.53 Å². The minimum absolute atomic E-state index is 0.0780. The van der Waals surface area contributed by atoms with Crippen LogP contribution in [0, 0.1) is 5.92 Å². The zero-order valence-corrected chi connectivity index (χ0v) is 11.0. The lowest BCUT2D eigenvalue weighted by atomic mass is 9.96. The molecule has 2 fully saturated rings. The van der Waals surface area contributed by atoms with Gasteiger partial charge in [0.2, 0.25) is 5.91 Å². The van der Waals surface area contributed by atoms with E-state index in [2.05, 4.69) is 17.4 Å². The van der Waals surface area contributed by atoms with Crippen molar-refractivity contribution in [2.75, 3.05) is 13.2 Å². The minimum Gasteiger partial charge on any atom is -0.379 e. The van der Waals surface area contributed by atoms with Crippen LogP contribution in [0.2, 0.25) is 0 Å². The van der Waals surface area contributed by atoms with Gasteiger partial charge in [-0.25, -0.2) is 0 Å². The highest BCUT2D eigenvalue weighted by Gasteiger charge is 2.41. The molecule has 0 aromatic heterocycles. The summed E-state index contributed by atoms with van der Waals surface area (Å²) in [6.45, 7) is 0.897. The molecule has 1 heterocycles. The van der Waals surface area contributed by atoms with E-state index in [4.69, 9.17) is 10.5 Å². The van der Waals surface area contributed by atoms with E-state index in [9.17, 15) is 4.79 Å². The third-order valence-electron chi connectivity index (χ3n) is 4.04. The van der Waals surface area contributed by atoms with Gasteiger partial charge < -0.3 is 15.8 Å². The molecular weight excluding hydrogens is 240 g/mol. The Labute approximate surface area is 113 Å². The first kappa shape index (κ1) is 12.6. The molecule has 2 atom stereocenters. The number of carbonyl (C=O) groups excluding carboxylic acids is 1. The molecule has 2 unspecified atom stereocenters. The monoisotopic (exact) mass is 260 g/mol. The fourth-order valence-corrected chi connectivity index (χ4v) is 2.61. The number of hydrogen-bond donors (Lipinski definition) is 2. The molecule has 0 spiro atoms. The molecule has 19 heavy (non-hydrogen) atoms. The molecule has 3 N–H and O–H groups in total. The van der Waals surface area contributed by atoms with Crippen LogP contribution in [0.3, 0.4) is 0 Å². The first-order chi connectivity index (χ1) is 9.19. The van der Waals surface area contributed by atoms with Gasteiger partial charge in [-0.15, -0.1) is 0 Å². The van der Waals surface area contributed by atoms with Crippen molar-refractivity contribution in [3.05, 3.63) is 35.9 Å². The van der Waals surface area contributed by atoms with Crippen molar-refractivity contribution in [3.8, 4) is 0 Å². The third-order valence-corrected chi connectivity index (χ3v) is 4.04. The Morgan fingerprint density at radius 3 is 2.68 bits per heavy atom. The number of carbonyl (C=O) groups is 1. The number of benzene rings is 1. The molecule has 0 bridgehead atoms. The van der Waals surface area contributed by atoms with Gasteiger partial charge in [0.15, 0.2) is 0 Å². The first-order valence-electron chi connectivity index (χ1n) is 6.92. The Morgan fingerprint density at radius 1 is 1.37 bits per heavy atom. The smallest absolute Gasteiger partial charge is 0.243 e. The van der Waals surface area contributed by atoms with Gasteiger partial charge in [0, 0.05) is 6.61 Å². The predicted octanol–water partition coefficient (Wildman–Crippen LogP) is 1.37. The van der Waals surface area contributed by atoms with E-state index < -0.39 is 5.54 Å². The molecule has 102 valence electrons.